The van der Waals surface area contributed by atoms with Gasteiger partial charge in [0.15, 0.2) is 11.6 Å². The fraction of sp³-hybridized carbons (Fsp3) is 0.375. The van der Waals surface area contributed by atoms with E-state index in [4.69, 9.17) is 0 Å². The molecule has 4 rings (SSSR count). The minimum Gasteiger partial charge on any atom is -0.352 e. The van der Waals surface area contributed by atoms with Gasteiger partial charge in [0.2, 0.25) is 21.8 Å². The molecule has 1 atom stereocenters. The van der Waals surface area contributed by atoms with Gasteiger partial charge in [0.25, 0.3) is 0 Å². The van der Waals surface area contributed by atoms with Crippen LogP contribution in [0.15, 0.2) is 72.8 Å². The highest BCUT2D eigenvalue weighted by Crippen LogP contribution is 2.23. The largest absolute Gasteiger partial charge is 0.352 e. The van der Waals surface area contributed by atoms with E-state index in [1.807, 2.05) is 61.5 Å². The summed E-state index contributed by atoms with van der Waals surface area (Å²) in [5.41, 5.74) is 2.43. The lowest BCUT2D eigenvalue weighted by molar-refractivity contribution is -0.140. The number of carbonyl (C=O) groups excluding carboxylic acids is 2. The monoisotopic (exact) mass is 597 g/mol. The Kier molecular flexibility index (Phi) is 10.3. The number of benzene rings is 3. The van der Waals surface area contributed by atoms with Gasteiger partial charge in [-0.2, -0.15) is 0 Å². The van der Waals surface area contributed by atoms with E-state index >= 15 is 0 Å². The zero-order valence-corrected chi connectivity index (χ0v) is 24.7. The number of hydrogen-bond acceptors (Lipinski definition) is 4. The standard InChI is InChI=1S/C32H37F2N3O4S/c1-23-13-15-25(16-14-23)21-36(31(38)22-37(42(2,40)41)27-17-18-28(33)29(34)20-27)30(19-24-9-5-3-6-10-24)32(39)35-26-11-7-4-8-12-26/h3,5-6,9-10,13-18,20,26,30H,4,7-8,11-12,19,21-22H2,1-2H3,(H,35,39)/t30-/m1/s1. The number of carbonyl (C=O) groups is 2. The molecule has 42 heavy (non-hydrogen) atoms. The highest BCUT2D eigenvalue weighted by atomic mass is 32.2. The van der Waals surface area contributed by atoms with Gasteiger partial charge < -0.3 is 10.2 Å². The van der Waals surface area contributed by atoms with Crippen LogP contribution in [-0.4, -0.2) is 50.0 Å². The van der Waals surface area contributed by atoms with E-state index < -0.39 is 40.2 Å². The van der Waals surface area contributed by atoms with Crippen molar-refractivity contribution in [1.82, 2.24) is 10.2 Å². The molecule has 0 aromatic heterocycles. The zero-order valence-electron chi connectivity index (χ0n) is 23.9. The molecule has 1 N–H and O–H groups in total. The molecule has 3 aromatic rings. The Balaban J connectivity index is 1.72. The molecule has 1 aliphatic carbocycles. The molecule has 2 amide bonds. The van der Waals surface area contributed by atoms with Crippen LogP contribution in [0, 0.1) is 18.6 Å². The number of amides is 2. The first kappa shape index (κ1) is 31.2. The van der Waals surface area contributed by atoms with E-state index in [2.05, 4.69) is 5.32 Å². The third-order valence-corrected chi connectivity index (χ3v) is 8.71. The average Bonchev–Trinajstić information content (AvgIpc) is 2.96. The van der Waals surface area contributed by atoms with Crippen molar-refractivity contribution in [3.05, 3.63) is 101 Å². The van der Waals surface area contributed by atoms with Gasteiger partial charge in [0.05, 0.1) is 11.9 Å². The molecule has 7 nitrogen and oxygen atoms in total. The molecule has 1 aliphatic rings. The fourth-order valence-electron chi connectivity index (χ4n) is 5.24. The number of halogens is 2. The lowest BCUT2D eigenvalue weighted by atomic mass is 9.94. The van der Waals surface area contributed by atoms with Crippen molar-refractivity contribution in [3.8, 4) is 0 Å². The summed E-state index contributed by atoms with van der Waals surface area (Å²) >= 11 is 0. The first-order valence-corrected chi connectivity index (χ1v) is 16.0. The maximum absolute atomic E-state index is 14.1. The minimum atomic E-state index is -4.09. The summed E-state index contributed by atoms with van der Waals surface area (Å²) in [4.78, 5) is 29.4. The first-order chi connectivity index (χ1) is 20.0. The van der Waals surface area contributed by atoms with Gasteiger partial charge in [-0.05, 0) is 43.0 Å². The van der Waals surface area contributed by atoms with Gasteiger partial charge in [-0.3, -0.25) is 13.9 Å². The Morgan fingerprint density at radius 2 is 1.57 bits per heavy atom. The third-order valence-electron chi connectivity index (χ3n) is 7.57. The molecular weight excluding hydrogens is 560 g/mol. The molecule has 0 unspecified atom stereocenters. The molecule has 0 bridgehead atoms. The molecule has 1 fully saturated rings. The van der Waals surface area contributed by atoms with Gasteiger partial charge in [-0.15, -0.1) is 0 Å². The number of nitrogens with zero attached hydrogens (tertiary/aromatic N) is 2. The number of hydrogen-bond donors (Lipinski definition) is 1. The van der Waals surface area contributed by atoms with Crippen LogP contribution >= 0.6 is 0 Å². The zero-order chi connectivity index (χ0) is 30.3. The molecule has 10 heteroatoms. The number of sulfonamides is 1. The third kappa shape index (κ3) is 8.38. The van der Waals surface area contributed by atoms with E-state index in [-0.39, 0.29) is 30.6 Å². The van der Waals surface area contributed by atoms with Crippen LogP contribution in [-0.2, 0) is 32.6 Å². The SMILES string of the molecule is Cc1ccc(CN(C(=O)CN(c2ccc(F)c(F)c2)S(C)(=O)=O)[C@H](Cc2ccccc2)C(=O)NC2CCCCC2)cc1. The van der Waals surface area contributed by atoms with Crippen molar-refractivity contribution >= 4 is 27.5 Å². The smallest absolute Gasteiger partial charge is 0.244 e. The molecule has 0 heterocycles. The fourth-order valence-corrected chi connectivity index (χ4v) is 6.08. The first-order valence-electron chi connectivity index (χ1n) is 14.1. The summed E-state index contributed by atoms with van der Waals surface area (Å²) in [6, 6.07) is 18.5. The van der Waals surface area contributed by atoms with Crippen molar-refractivity contribution in [2.45, 2.75) is 64.1 Å². The maximum Gasteiger partial charge on any atom is 0.244 e. The van der Waals surface area contributed by atoms with Crippen LogP contribution in [0.25, 0.3) is 0 Å². The highest BCUT2D eigenvalue weighted by molar-refractivity contribution is 7.92. The van der Waals surface area contributed by atoms with Crippen LogP contribution in [0.2, 0.25) is 0 Å². The van der Waals surface area contributed by atoms with Crippen molar-refractivity contribution in [2.24, 2.45) is 0 Å². The number of anilines is 1. The van der Waals surface area contributed by atoms with Crippen molar-refractivity contribution in [1.29, 1.82) is 0 Å². The number of aryl methyl sites for hydroxylation is 1. The average molecular weight is 598 g/mol. The summed E-state index contributed by atoms with van der Waals surface area (Å²) in [5.74, 6) is -3.34. The van der Waals surface area contributed by atoms with E-state index in [9.17, 15) is 26.8 Å². The van der Waals surface area contributed by atoms with E-state index in [1.54, 1.807) is 0 Å². The van der Waals surface area contributed by atoms with Crippen LogP contribution in [0.4, 0.5) is 14.5 Å². The Morgan fingerprint density at radius 3 is 2.19 bits per heavy atom. The second kappa shape index (κ2) is 13.9. The molecule has 0 radical (unpaired) electrons. The van der Waals surface area contributed by atoms with Crippen molar-refractivity contribution in [2.75, 3.05) is 17.1 Å². The predicted molar refractivity (Wildman–Crippen MR) is 159 cm³/mol. The van der Waals surface area contributed by atoms with E-state index in [1.165, 1.54) is 4.90 Å². The van der Waals surface area contributed by atoms with Gasteiger partial charge in [-0.25, -0.2) is 17.2 Å². The number of rotatable bonds is 11. The van der Waals surface area contributed by atoms with Gasteiger partial charge in [0, 0.05) is 25.1 Å². The summed E-state index contributed by atoms with van der Waals surface area (Å²) in [5, 5.41) is 3.14. The summed E-state index contributed by atoms with van der Waals surface area (Å²) in [6.45, 7) is 1.29. The molecule has 3 aromatic carbocycles. The van der Waals surface area contributed by atoms with Gasteiger partial charge in [-0.1, -0.05) is 79.4 Å². The summed E-state index contributed by atoms with van der Waals surface area (Å²) in [7, 11) is -4.09. The summed E-state index contributed by atoms with van der Waals surface area (Å²) in [6.07, 6.45) is 5.95. The number of nitrogens with one attached hydrogen (secondary N) is 1. The Hall–Kier alpha value is -3.79. The molecule has 0 saturated heterocycles. The van der Waals surface area contributed by atoms with Crippen LogP contribution in [0.3, 0.4) is 0 Å². The quantitative estimate of drug-likeness (QED) is 0.332. The highest BCUT2D eigenvalue weighted by Gasteiger charge is 2.34. The lowest BCUT2D eigenvalue weighted by Gasteiger charge is -2.35. The van der Waals surface area contributed by atoms with Crippen molar-refractivity contribution in [3.63, 3.8) is 0 Å². The van der Waals surface area contributed by atoms with Crippen LogP contribution < -0.4 is 9.62 Å². The molecule has 224 valence electrons. The molecule has 1 saturated carbocycles. The normalized spacial score (nSPS) is 14.7. The molecular formula is C32H37F2N3O4S. The molecule has 0 spiro atoms. The topological polar surface area (TPSA) is 86.8 Å². The minimum absolute atomic E-state index is 0.00411. The summed E-state index contributed by atoms with van der Waals surface area (Å²) < 4.78 is 54.1. The second-order valence-electron chi connectivity index (χ2n) is 10.9. The maximum atomic E-state index is 14.1. The Bertz CT molecular complexity index is 1480. The van der Waals surface area contributed by atoms with Gasteiger partial charge in [0.1, 0.15) is 12.6 Å². The van der Waals surface area contributed by atoms with E-state index in [0.29, 0.717) is 0 Å². The predicted octanol–water partition coefficient (Wildman–Crippen LogP) is 5.13. The Morgan fingerprint density at radius 1 is 0.905 bits per heavy atom. The second-order valence-corrected chi connectivity index (χ2v) is 12.8. The van der Waals surface area contributed by atoms with Gasteiger partial charge >= 0.3 is 0 Å². The molecule has 0 aliphatic heterocycles. The van der Waals surface area contributed by atoms with Crippen molar-refractivity contribution < 1.29 is 26.8 Å². The Labute approximate surface area is 246 Å². The van der Waals surface area contributed by atoms with Crippen LogP contribution in [0.1, 0.15) is 48.8 Å². The van der Waals surface area contributed by atoms with Crippen LogP contribution in [0.5, 0.6) is 0 Å². The lowest BCUT2D eigenvalue weighted by Crippen LogP contribution is -2.55. The van der Waals surface area contributed by atoms with E-state index in [0.717, 1.165) is 77.6 Å².